The SMILES string of the molecule is CC(C)Cc1nnc(NC(=O)C2CSCCS2)s1. The number of thioether (sulfide) groups is 2. The number of amides is 1. The molecule has 0 aromatic carbocycles. The molecule has 4 nitrogen and oxygen atoms in total. The lowest BCUT2D eigenvalue weighted by molar-refractivity contribution is -0.115. The van der Waals surface area contributed by atoms with Gasteiger partial charge < -0.3 is 0 Å². The first kappa shape index (κ1) is 14.1. The molecule has 0 spiro atoms. The van der Waals surface area contributed by atoms with Gasteiger partial charge >= 0.3 is 0 Å². The predicted molar refractivity (Wildman–Crippen MR) is 80.7 cm³/mol. The zero-order valence-electron chi connectivity index (χ0n) is 10.5. The van der Waals surface area contributed by atoms with Gasteiger partial charge in [0.1, 0.15) is 5.01 Å². The largest absolute Gasteiger partial charge is 0.300 e. The summed E-state index contributed by atoms with van der Waals surface area (Å²) in [6.07, 6.45) is 0.918. The van der Waals surface area contributed by atoms with Crippen molar-refractivity contribution in [3.8, 4) is 0 Å². The smallest absolute Gasteiger partial charge is 0.240 e. The van der Waals surface area contributed by atoms with Crippen LogP contribution in [0.1, 0.15) is 18.9 Å². The van der Waals surface area contributed by atoms with Crippen LogP contribution in [0.25, 0.3) is 0 Å². The maximum Gasteiger partial charge on any atom is 0.240 e. The third kappa shape index (κ3) is 4.13. The van der Waals surface area contributed by atoms with E-state index < -0.39 is 0 Å². The Balaban J connectivity index is 1.88. The van der Waals surface area contributed by atoms with Crippen molar-refractivity contribution < 1.29 is 4.79 Å². The van der Waals surface area contributed by atoms with Crippen LogP contribution in [0, 0.1) is 5.92 Å². The van der Waals surface area contributed by atoms with Crippen LogP contribution in [0.4, 0.5) is 5.13 Å². The first-order chi connectivity index (χ1) is 8.65. The van der Waals surface area contributed by atoms with Gasteiger partial charge in [-0.05, 0) is 5.92 Å². The minimum absolute atomic E-state index is 0.0567. The van der Waals surface area contributed by atoms with Crippen molar-refractivity contribution in [3.63, 3.8) is 0 Å². The van der Waals surface area contributed by atoms with E-state index in [9.17, 15) is 4.79 Å². The number of anilines is 1. The van der Waals surface area contributed by atoms with Crippen LogP contribution >= 0.6 is 34.9 Å². The van der Waals surface area contributed by atoms with Gasteiger partial charge in [-0.2, -0.15) is 11.8 Å². The topological polar surface area (TPSA) is 54.9 Å². The lowest BCUT2D eigenvalue weighted by Crippen LogP contribution is -2.30. The van der Waals surface area contributed by atoms with E-state index in [-0.39, 0.29) is 11.2 Å². The Labute approximate surface area is 120 Å². The van der Waals surface area contributed by atoms with E-state index in [2.05, 4.69) is 29.4 Å². The summed E-state index contributed by atoms with van der Waals surface area (Å²) >= 11 is 5.06. The molecule has 1 saturated heterocycles. The zero-order chi connectivity index (χ0) is 13.0. The fourth-order valence-corrected chi connectivity index (χ4v) is 5.07. The molecule has 1 aromatic rings. The van der Waals surface area contributed by atoms with E-state index in [4.69, 9.17) is 0 Å². The second-order valence-electron chi connectivity index (χ2n) is 4.52. The molecule has 1 amide bonds. The highest BCUT2D eigenvalue weighted by molar-refractivity contribution is 8.07. The lowest BCUT2D eigenvalue weighted by Gasteiger charge is -2.19. The van der Waals surface area contributed by atoms with Crippen molar-refractivity contribution in [1.29, 1.82) is 0 Å². The van der Waals surface area contributed by atoms with Gasteiger partial charge in [-0.3, -0.25) is 10.1 Å². The lowest BCUT2D eigenvalue weighted by atomic mass is 10.1. The van der Waals surface area contributed by atoms with Gasteiger partial charge in [0.25, 0.3) is 0 Å². The van der Waals surface area contributed by atoms with Crippen molar-refractivity contribution in [2.24, 2.45) is 5.92 Å². The van der Waals surface area contributed by atoms with Gasteiger partial charge in [-0.1, -0.05) is 25.2 Å². The summed E-state index contributed by atoms with van der Waals surface area (Å²) in [5.41, 5.74) is 0. The fraction of sp³-hybridized carbons (Fsp3) is 0.727. The summed E-state index contributed by atoms with van der Waals surface area (Å²) in [6.45, 7) is 4.30. The van der Waals surface area contributed by atoms with E-state index in [0.29, 0.717) is 11.0 Å². The Hall–Kier alpha value is -0.270. The van der Waals surface area contributed by atoms with Crippen LogP contribution in [-0.4, -0.2) is 38.6 Å². The summed E-state index contributed by atoms with van der Waals surface area (Å²) in [5, 5.41) is 12.7. The third-order valence-electron chi connectivity index (χ3n) is 2.39. The van der Waals surface area contributed by atoms with Crippen LogP contribution in [0.3, 0.4) is 0 Å². The first-order valence-corrected chi connectivity index (χ1v) is 8.99. The minimum Gasteiger partial charge on any atom is -0.300 e. The summed E-state index contributed by atoms with van der Waals surface area (Å²) < 4.78 is 0. The molecule has 1 aliphatic heterocycles. The average Bonchev–Trinajstić information content (AvgIpc) is 2.76. The van der Waals surface area contributed by atoms with Crippen molar-refractivity contribution in [1.82, 2.24) is 10.2 Å². The molecule has 1 unspecified atom stereocenters. The number of nitrogens with one attached hydrogen (secondary N) is 1. The number of aromatic nitrogens is 2. The molecule has 7 heteroatoms. The number of carbonyl (C=O) groups excluding carboxylic acids is 1. The fourth-order valence-electron chi connectivity index (χ4n) is 1.56. The van der Waals surface area contributed by atoms with Crippen molar-refractivity contribution >= 4 is 45.9 Å². The number of rotatable bonds is 4. The Morgan fingerprint density at radius 1 is 1.44 bits per heavy atom. The Kier molecular flexibility index (Phi) is 5.32. The molecular formula is C11H17N3OS3. The molecule has 1 aromatic heterocycles. The molecule has 0 aliphatic carbocycles. The zero-order valence-corrected chi connectivity index (χ0v) is 13.0. The van der Waals surface area contributed by atoms with Crippen LogP contribution < -0.4 is 5.32 Å². The average molecular weight is 303 g/mol. The van der Waals surface area contributed by atoms with Crippen molar-refractivity contribution in [3.05, 3.63) is 5.01 Å². The third-order valence-corrected chi connectivity index (χ3v) is 6.00. The molecular weight excluding hydrogens is 286 g/mol. The van der Waals surface area contributed by atoms with Crippen molar-refractivity contribution in [2.45, 2.75) is 25.5 Å². The normalized spacial score (nSPS) is 20.1. The van der Waals surface area contributed by atoms with Crippen LogP contribution in [0.2, 0.25) is 0 Å². The summed E-state index contributed by atoms with van der Waals surface area (Å²) in [6, 6.07) is 0. The summed E-state index contributed by atoms with van der Waals surface area (Å²) in [4.78, 5) is 12.0. The van der Waals surface area contributed by atoms with Gasteiger partial charge in [-0.15, -0.1) is 22.0 Å². The van der Waals surface area contributed by atoms with Crippen LogP contribution in [-0.2, 0) is 11.2 Å². The predicted octanol–water partition coefficient (Wildman–Crippen LogP) is 2.52. The maximum absolute atomic E-state index is 12.0. The molecule has 0 saturated carbocycles. The van der Waals surface area contributed by atoms with Gasteiger partial charge in [-0.25, -0.2) is 0 Å². The highest BCUT2D eigenvalue weighted by Crippen LogP contribution is 2.26. The first-order valence-electron chi connectivity index (χ1n) is 5.97. The molecule has 1 atom stereocenters. The van der Waals surface area contributed by atoms with Gasteiger partial charge in [0.15, 0.2) is 0 Å². The Bertz CT molecular complexity index is 402. The van der Waals surface area contributed by atoms with Gasteiger partial charge in [0, 0.05) is 23.7 Å². The van der Waals surface area contributed by atoms with Gasteiger partial charge in [0.2, 0.25) is 11.0 Å². The Morgan fingerprint density at radius 3 is 2.94 bits per heavy atom. The molecule has 1 N–H and O–H groups in total. The molecule has 1 fully saturated rings. The van der Waals surface area contributed by atoms with Crippen LogP contribution in [0.15, 0.2) is 0 Å². The molecule has 2 rings (SSSR count). The van der Waals surface area contributed by atoms with E-state index in [0.717, 1.165) is 28.7 Å². The second kappa shape index (κ2) is 6.77. The standard InChI is InChI=1S/C11H17N3OS3/c1-7(2)5-9-13-14-11(18-9)12-10(15)8-6-16-3-4-17-8/h7-8H,3-6H2,1-2H3,(H,12,14,15). The number of hydrogen-bond acceptors (Lipinski definition) is 6. The van der Waals surface area contributed by atoms with Crippen molar-refractivity contribution in [2.75, 3.05) is 22.6 Å². The highest BCUT2D eigenvalue weighted by Gasteiger charge is 2.23. The highest BCUT2D eigenvalue weighted by atomic mass is 32.2. The van der Waals surface area contributed by atoms with E-state index in [1.807, 2.05) is 11.8 Å². The molecule has 0 radical (unpaired) electrons. The van der Waals surface area contributed by atoms with Gasteiger partial charge in [0.05, 0.1) is 5.25 Å². The van der Waals surface area contributed by atoms with Crippen LogP contribution in [0.5, 0.6) is 0 Å². The molecule has 100 valence electrons. The van der Waals surface area contributed by atoms with E-state index in [1.165, 1.54) is 11.3 Å². The summed E-state index contributed by atoms with van der Waals surface area (Å²) in [7, 11) is 0. The molecule has 18 heavy (non-hydrogen) atoms. The number of nitrogens with zero attached hydrogens (tertiary/aromatic N) is 2. The molecule has 2 heterocycles. The molecule has 1 aliphatic rings. The second-order valence-corrected chi connectivity index (χ2v) is 8.05. The monoisotopic (exact) mass is 303 g/mol. The number of carbonyl (C=O) groups is 1. The molecule has 0 bridgehead atoms. The number of hydrogen-bond donors (Lipinski definition) is 1. The van der Waals surface area contributed by atoms with E-state index >= 15 is 0 Å². The minimum atomic E-state index is 0.0567. The maximum atomic E-state index is 12.0. The summed E-state index contributed by atoms with van der Waals surface area (Å²) in [5.74, 6) is 3.73. The Morgan fingerprint density at radius 2 is 2.28 bits per heavy atom. The van der Waals surface area contributed by atoms with E-state index in [1.54, 1.807) is 11.8 Å². The quantitative estimate of drug-likeness (QED) is 0.926.